The molecule has 0 aromatic carbocycles. The summed E-state index contributed by atoms with van der Waals surface area (Å²) in [6.45, 7) is 0. The molecule has 0 aliphatic carbocycles. The molecule has 98 valence electrons. The van der Waals surface area contributed by atoms with E-state index < -0.39 is 17.6 Å². The van der Waals surface area contributed by atoms with Crippen LogP contribution >= 0.6 is 0 Å². The van der Waals surface area contributed by atoms with Gasteiger partial charge >= 0.3 is 5.97 Å². The third kappa shape index (κ3) is 2.86. The third-order valence-corrected chi connectivity index (χ3v) is 2.16. The van der Waals surface area contributed by atoms with Crippen LogP contribution in [0.3, 0.4) is 0 Å². The Morgan fingerprint density at radius 3 is 2.74 bits per heavy atom. The first-order chi connectivity index (χ1) is 9.10. The first-order valence-corrected chi connectivity index (χ1v) is 5.11. The molecule has 0 radical (unpaired) electrons. The number of carboxylic acid groups (broad SMARTS) is 1. The van der Waals surface area contributed by atoms with Crippen molar-refractivity contribution < 1.29 is 24.0 Å². The molecule has 0 fully saturated rings. The number of hydrogen-bond donors (Lipinski definition) is 2. The van der Waals surface area contributed by atoms with E-state index in [0.717, 1.165) is 6.07 Å². The second-order valence-corrected chi connectivity index (χ2v) is 3.42. The van der Waals surface area contributed by atoms with Gasteiger partial charge in [-0.1, -0.05) is 5.16 Å². The number of carbonyl (C=O) groups excluding carboxylic acids is 1. The predicted octanol–water partition coefficient (Wildman–Crippen LogP) is 1.03. The fraction of sp³-hybridized carbons (Fsp3) is 0.0909. The van der Waals surface area contributed by atoms with Gasteiger partial charge in [0.25, 0.3) is 5.91 Å². The minimum Gasteiger partial charge on any atom is -0.481 e. The summed E-state index contributed by atoms with van der Waals surface area (Å²) in [7, 11) is 1.48. The van der Waals surface area contributed by atoms with E-state index in [1.54, 1.807) is 12.1 Å². The molecule has 2 heterocycles. The van der Waals surface area contributed by atoms with Crippen LogP contribution in [0.4, 0.5) is 5.69 Å². The third-order valence-electron chi connectivity index (χ3n) is 2.16. The molecule has 0 saturated heterocycles. The lowest BCUT2D eigenvalue weighted by Gasteiger charge is -2.03. The van der Waals surface area contributed by atoms with Gasteiger partial charge in [0.05, 0.1) is 19.0 Å². The van der Waals surface area contributed by atoms with Crippen molar-refractivity contribution in [3.63, 3.8) is 0 Å². The fourth-order valence-electron chi connectivity index (χ4n) is 1.25. The molecule has 8 heteroatoms. The SMILES string of the molecule is COc1ccc(NC(=O)c2cc(C(=O)O)on2)cn1. The van der Waals surface area contributed by atoms with Crippen molar-refractivity contribution in [2.45, 2.75) is 0 Å². The minimum absolute atomic E-state index is 0.131. The molecule has 0 bridgehead atoms. The molecule has 0 saturated carbocycles. The number of aromatic nitrogens is 2. The topological polar surface area (TPSA) is 115 Å². The standard InChI is InChI=1S/C11H9N3O5/c1-18-9-3-2-6(5-12-9)13-10(15)7-4-8(11(16)17)19-14-7/h2-5H,1H3,(H,13,15)(H,16,17). The van der Waals surface area contributed by atoms with Crippen LogP contribution in [0.15, 0.2) is 28.9 Å². The van der Waals surface area contributed by atoms with Crippen molar-refractivity contribution in [3.05, 3.63) is 35.9 Å². The first kappa shape index (κ1) is 12.6. The number of ether oxygens (including phenoxy) is 1. The van der Waals surface area contributed by atoms with Crippen LogP contribution in [-0.4, -0.2) is 34.2 Å². The summed E-state index contributed by atoms with van der Waals surface area (Å²) < 4.78 is 9.35. The normalized spacial score (nSPS) is 9.95. The van der Waals surface area contributed by atoms with Crippen molar-refractivity contribution in [1.82, 2.24) is 10.1 Å². The van der Waals surface area contributed by atoms with Gasteiger partial charge in [-0.15, -0.1) is 0 Å². The van der Waals surface area contributed by atoms with Gasteiger partial charge in [-0.25, -0.2) is 9.78 Å². The average Bonchev–Trinajstić information content (AvgIpc) is 2.89. The summed E-state index contributed by atoms with van der Waals surface area (Å²) in [5, 5.41) is 14.5. The van der Waals surface area contributed by atoms with Gasteiger partial charge in [0.1, 0.15) is 0 Å². The van der Waals surface area contributed by atoms with E-state index in [0.29, 0.717) is 11.6 Å². The van der Waals surface area contributed by atoms with Crippen LogP contribution in [-0.2, 0) is 0 Å². The largest absolute Gasteiger partial charge is 0.481 e. The Morgan fingerprint density at radius 1 is 1.42 bits per heavy atom. The van der Waals surface area contributed by atoms with Gasteiger partial charge in [-0.2, -0.15) is 0 Å². The lowest BCUT2D eigenvalue weighted by Crippen LogP contribution is -2.12. The summed E-state index contributed by atoms with van der Waals surface area (Å²) in [6.07, 6.45) is 1.40. The zero-order valence-corrected chi connectivity index (χ0v) is 9.78. The summed E-state index contributed by atoms with van der Waals surface area (Å²) in [6, 6.07) is 4.19. The number of nitrogens with one attached hydrogen (secondary N) is 1. The number of rotatable bonds is 4. The van der Waals surface area contributed by atoms with E-state index >= 15 is 0 Å². The lowest BCUT2D eigenvalue weighted by atomic mass is 10.3. The summed E-state index contributed by atoms with van der Waals surface area (Å²) in [5.74, 6) is -1.88. The lowest BCUT2D eigenvalue weighted by molar-refractivity contribution is 0.0651. The number of pyridine rings is 1. The zero-order chi connectivity index (χ0) is 13.8. The maximum absolute atomic E-state index is 11.7. The fourth-order valence-corrected chi connectivity index (χ4v) is 1.25. The molecule has 0 unspecified atom stereocenters. The first-order valence-electron chi connectivity index (χ1n) is 5.11. The quantitative estimate of drug-likeness (QED) is 0.846. The molecule has 8 nitrogen and oxygen atoms in total. The van der Waals surface area contributed by atoms with Gasteiger partial charge < -0.3 is 19.7 Å². The molecule has 2 N–H and O–H groups in total. The van der Waals surface area contributed by atoms with E-state index in [9.17, 15) is 9.59 Å². The maximum atomic E-state index is 11.7. The van der Waals surface area contributed by atoms with Crippen molar-refractivity contribution >= 4 is 17.6 Å². The maximum Gasteiger partial charge on any atom is 0.374 e. The number of aromatic carboxylic acids is 1. The number of hydrogen-bond acceptors (Lipinski definition) is 6. The average molecular weight is 263 g/mol. The van der Waals surface area contributed by atoms with Crippen LogP contribution in [0.1, 0.15) is 21.0 Å². The molecule has 2 rings (SSSR count). The second-order valence-electron chi connectivity index (χ2n) is 3.42. The molecular formula is C11H9N3O5. The number of amides is 1. The highest BCUT2D eigenvalue weighted by atomic mass is 16.5. The highest BCUT2D eigenvalue weighted by molar-refractivity contribution is 6.03. The minimum atomic E-state index is -1.29. The Morgan fingerprint density at radius 2 is 2.21 bits per heavy atom. The predicted molar refractivity (Wildman–Crippen MR) is 62.2 cm³/mol. The van der Waals surface area contributed by atoms with Crippen molar-refractivity contribution in [1.29, 1.82) is 0 Å². The van der Waals surface area contributed by atoms with Crippen molar-refractivity contribution in [2.75, 3.05) is 12.4 Å². The zero-order valence-electron chi connectivity index (χ0n) is 9.78. The van der Waals surface area contributed by atoms with Crippen LogP contribution in [0.2, 0.25) is 0 Å². The van der Waals surface area contributed by atoms with Crippen molar-refractivity contribution in [3.8, 4) is 5.88 Å². The Balaban J connectivity index is 2.08. The molecule has 0 aliphatic rings. The van der Waals surface area contributed by atoms with E-state index in [1.807, 2.05) is 0 Å². The Bertz CT molecular complexity index is 605. The molecule has 2 aromatic rings. The second kappa shape index (κ2) is 5.17. The summed E-state index contributed by atoms with van der Waals surface area (Å²) >= 11 is 0. The van der Waals surface area contributed by atoms with Gasteiger partial charge in [0, 0.05) is 12.1 Å². The Hall–Kier alpha value is -2.90. The summed E-state index contributed by atoms with van der Waals surface area (Å²) in [5.41, 5.74) is 0.291. The molecule has 0 spiro atoms. The monoisotopic (exact) mass is 263 g/mol. The smallest absolute Gasteiger partial charge is 0.374 e. The van der Waals surface area contributed by atoms with E-state index in [1.165, 1.54) is 13.3 Å². The van der Waals surface area contributed by atoms with Crippen LogP contribution in [0.25, 0.3) is 0 Å². The number of carboxylic acids is 1. The van der Waals surface area contributed by atoms with Crippen LogP contribution < -0.4 is 10.1 Å². The summed E-state index contributed by atoms with van der Waals surface area (Å²) in [4.78, 5) is 26.2. The molecule has 2 aromatic heterocycles. The highest BCUT2D eigenvalue weighted by Gasteiger charge is 2.16. The van der Waals surface area contributed by atoms with Crippen molar-refractivity contribution in [2.24, 2.45) is 0 Å². The number of nitrogens with zero attached hydrogens (tertiary/aromatic N) is 2. The molecule has 19 heavy (non-hydrogen) atoms. The molecule has 0 aliphatic heterocycles. The van der Waals surface area contributed by atoms with Gasteiger partial charge in [-0.3, -0.25) is 4.79 Å². The van der Waals surface area contributed by atoms with E-state index in [-0.39, 0.29) is 5.69 Å². The van der Waals surface area contributed by atoms with E-state index in [4.69, 9.17) is 9.84 Å². The van der Waals surface area contributed by atoms with Gasteiger partial charge in [0.2, 0.25) is 11.6 Å². The van der Waals surface area contributed by atoms with Gasteiger partial charge in [0.15, 0.2) is 5.69 Å². The van der Waals surface area contributed by atoms with Crippen LogP contribution in [0.5, 0.6) is 5.88 Å². The Labute approximate surface area is 107 Å². The highest BCUT2D eigenvalue weighted by Crippen LogP contribution is 2.12. The van der Waals surface area contributed by atoms with E-state index in [2.05, 4.69) is 20.0 Å². The molecular weight excluding hydrogens is 254 g/mol. The number of methoxy groups -OCH3 is 1. The molecule has 0 atom stereocenters. The number of carbonyl (C=O) groups is 2. The van der Waals surface area contributed by atoms with Crippen LogP contribution in [0, 0.1) is 0 Å². The molecule has 1 amide bonds. The van der Waals surface area contributed by atoms with Gasteiger partial charge in [-0.05, 0) is 6.07 Å². The Kier molecular flexibility index (Phi) is 3.42. The number of anilines is 1.